The van der Waals surface area contributed by atoms with Gasteiger partial charge < -0.3 is 9.26 Å². The monoisotopic (exact) mass is 355 g/mol. The number of halogens is 1. The summed E-state index contributed by atoms with van der Waals surface area (Å²) in [7, 11) is 3.66. The van der Waals surface area contributed by atoms with Gasteiger partial charge in [-0.1, -0.05) is 29.4 Å². The lowest BCUT2D eigenvalue weighted by molar-refractivity contribution is 0.216. The fourth-order valence-electron chi connectivity index (χ4n) is 2.76. The van der Waals surface area contributed by atoms with Gasteiger partial charge in [-0.2, -0.15) is 4.98 Å². The SMILES string of the molecule is COc1cccc(C(C)N(C)Cc2nc(Cc3cccc(F)c3)no2)c1. The van der Waals surface area contributed by atoms with E-state index >= 15 is 0 Å². The van der Waals surface area contributed by atoms with E-state index in [9.17, 15) is 4.39 Å². The summed E-state index contributed by atoms with van der Waals surface area (Å²) in [5.41, 5.74) is 1.96. The number of ether oxygens (including phenoxy) is 1. The molecule has 26 heavy (non-hydrogen) atoms. The van der Waals surface area contributed by atoms with Gasteiger partial charge in [0.05, 0.1) is 13.7 Å². The molecule has 0 spiro atoms. The van der Waals surface area contributed by atoms with E-state index in [1.165, 1.54) is 12.1 Å². The minimum atomic E-state index is -0.266. The van der Waals surface area contributed by atoms with Crippen LogP contribution in [-0.4, -0.2) is 29.2 Å². The molecule has 136 valence electrons. The van der Waals surface area contributed by atoms with Crippen molar-refractivity contribution in [2.45, 2.75) is 25.9 Å². The fraction of sp³-hybridized carbons (Fsp3) is 0.300. The Labute approximate surface area is 152 Å². The molecule has 0 aliphatic carbocycles. The molecule has 0 bridgehead atoms. The maximum absolute atomic E-state index is 13.3. The summed E-state index contributed by atoms with van der Waals surface area (Å²) in [5, 5.41) is 4.00. The van der Waals surface area contributed by atoms with E-state index in [0.717, 1.165) is 16.9 Å². The molecular weight excluding hydrogens is 333 g/mol. The highest BCUT2D eigenvalue weighted by molar-refractivity contribution is 5.30. The Bertz CT molecular complexity index is 866. The number of benzene rings is 2. The van der Waals surface area contributed by atoms with E-state index in [0.29, 0.717) is 24.7 Å². The largest absolute Gasteiger partial charge is 0.497 e. The van der Waals surface area contributed by atoms with Gasteiger partial charge in [-0.25, -0.2) is 4.39 Å². The third-order valence-electron chi connectivity index (χ3n) is 4.38. The molecule has 1 atom stereocenters. The number of methoxy groups -OCH3 is 1. The van der Waals surface area contributed by atoms with Gasteiger partial charge in [0.15, 0.2) is 5.82 Å². The van der Waals surface area contributed by atoms with Crippen molar-refractivity contribution < 1.29 is 13.7 Å². The van der Waals surface area contributed by atoms with Gasteiger partial charge in [0.2, 0.25) is 5.89 Å². The highest BCUT2D eigenvalue weighted by Crippen LogP contribution is 2.24. The van der Waals surface area contributed by atoms with Gasteiger partial charge in [-0.15, -0.1) is 0 Å². The predicted molar refractivity (Wildman–Crippen MR) is 96.4 cm³/mol. The molecule has 3 rings (SSSR count). The van der Waals surface area contributed by atoms with E-state index in [4.69, 9.17) is 9.26 Å². The zero-order valence-electron chi connectivity index (χ0n) is 15.1. The third kappa shape index (κ3) is 4.46. The zero-order valence-corrected chi connectivity index (χ0v) is 15.1. The molecule has 2 aromatic carbocycles. The van der Waals surface area contributed by atoms with Crippen LogP contribution in [-0.2, 0) is 13.0 Å². The summed E-state index contributed by atoms with van der Waals surface area (Å²) in [5.74, 6) is 1.65. The first kappa shape index (κ1) is 18.1. The number of rotatable bonds is 7. The first-order valence-corrected chi connectivity index (χ1v) is 8.45. The lowest BCUT2D eigenvalue weighted by Crippen LogP contribution is -2.22. The average molecular weight is 355 g/mol. The number of hydrogen-bond donors (Lipinski definition) is 0. The molecular formula is C20H22FN3O2. The molecule has 0 saturated carbocycles. The molecule has 1 heterocycles. The quantitative estimate of drug-likeness (QED) is 0.641. The van der Waals surface area contributed by atoms with E-state index < -0.39 is 0 Å². The second-order valence-corrected chi connectivity index (χ2v) is 6.28. The van der Waals surface area contributed by atoms with Crippen molar-refractivity contribution in [3.05, 3.63) is 77.2 Å². The van der Waals surface area contributed by atoms with Crippen LogP contribution in [0.3, 0.4) is 0 Å². The normalized spacial score (nSPS) is 12.3. The summed E-state index contributed by atoms with van der Waals surface area (Å²) >= 11 is 0. The van der Waals surface area contributed by atoms with Crippen molar-refractivity contribution in [2.75, 3.05) is 14.2 Å². The van der Waals surface area contributed by atoms with Crippen LogP contribution in [0.25, 0.3) is 0 Å². The molecule has 0 fully saturated rings. The van der Waals surface area contributed by atoms with Crippen LogP contribution in [0, 0.1) is 5.82 Å². The standard InChI is InChI=1S/C20H22FN3O2/c1-14(16-7-5-9-18(12-16)25-3)24(2)13-20-22-19(23-26-20)11-15-6-4-8-17(21)10-15/h4-10,12,14H,11,13H2,1-3H3. The minimum Gasteiger partial charge on any atom is -0.497 e. The summed E-state index contributed by atoms with van der Waals surface area (Å²) in [4.78, 5) is 6.54. The third-order valence-corrected chi connectivity index (χ3v) is 4.38. The second kappa shape index (κ2) is 8.10. The maximum atomic E-state index is 13.3. The van der Waals surface area contributed by atoms with Crippen LogP contribution >= 0.6 is 0 Å². The molecule has 0 N–H and O–H groups in total. The molecule has 6 heteroatoms. The molecule has 0 amide bonds. The van der Waals surface area contributed by atoms with Gasteiger partial charge in [0.25, 0.3) is 0 Å². The minimum absolute atomic E-state index is 0.156. The van der Waals surface area contributed by atoms with Gasteiger partial charge >= 0.3 is 0 Å². The average Bonchev–Trinajstić information content (AvgIpc) is 3.07. The van der Waals surface area contributed by atoms with Crippen molar-refractivity contribution in [1.29, 1.82) is 0 Å². The molecule has 0 radical (unpaired) electrons. The molecule has 0 aliphatic heterocycles. The Hall–Kier alpha value is -2.73. The van der Waals surface area contributed by atoms with Crippen LogP contribution in [0.4, 0.5) is 4.39 Å². The molecule has 3 aromatic rings. The van der Waals surface area contributed by atoms with Crippen LogP contribution in [0.2, 0.25) is 0 Å². The fourth-order valence-corrected chi connectivity index (χ4v) is 2.76. The summed E-state index contributed by atoms with van der Waals surface area (Å²) in [6.07, 6.45) is 0.441. The molecule has 0 aliphatic rings. The van der Waals surface area contributed by atoms with Crippen molar-refractivity contribution in [2.24, 2.45) is 0 Å². The van der Waals surface area contributed by atoms with Gasteiger partial charge in [0.1, 0.15) is 11.6 Å². The number of aromatic nitrogens is 2. The highest BCUT2D eigenvalue weighted by Gasteiger charge is 2.16. The summed E-state index contributed by atoms with van der Waals surface area (Å²) in [6.45, 7) is 2.63. The predicted octanol–water partition coefficient (Wildman–Crippen LogP) is 4.00. The lowest BCUT2D eigenvalue weighted by Gasteiger charge is -2.23. The lowest BCUT2D eigenvalue weighted by atomic mass is 10.1. The van der Waals surface area contributed by atoms with E-state index in [1.54, 1.807) is 13.2 Å². The van der Waals surface area contributed by atoms with Crippen LogP contribution in [0.5, 0.6) is 5.75 Å². The van der Waals surface area contributed by atoms with E-state index in [-0.39, 0.29) is 11.9 Å². The van der Waals surface area contributed by atoms with Crippen LogP contribution in [0.1, 0.15) is 35.8 Å². The highest BCUT2D eigenvalue weighted by atomic mass is 19.1. The van der Waals surface area contributed by atoms with Crippen molar-refractivity contribution in [3.8, 4) is 5.75 Å². The van der Waals surface area contributed by atoms with Crippen LogP contribution in [0.15, 0.2) is 53.1 Å². The maximum Gasteiger partial charge on any atom is 0.240 e. The van der Waals surface area contributed by atoms with Crippen LogP contribution < -0.4 is 4.74 Å². The second-order valence-electron chi connectivity index (χ2n) is 6.28. The molecule has 0 saturated heterocycles. The summed E-state index contributed by atoms with van der Waals surface area (Å²) in [6, 6.07) is 14.5. The van der Waals surface area contributed by atoms with E-state index in [2.05, 4.69) is 28.0 Å². The van der Waals surface area contributed by atoms with E-state index in [1.807, 2.05) is 31.3 Å². The number of nitrogens with zero attached hydrogens (tertiary/aromatic N) is 3. The molecule has 5 nitrogen and oxygen atoms in total. The molecule has 1 aromatic heterocycles. The Morgan fingerprint density at radius 3 is 2.77 bits per heavy atom. The molecule has 1 unspecified atom stereocenters. The smallest absolute Gasteiger partial charge is 0.240 e. The van der Waals surface area contributed by atoms with Gasteiger partial charge in [-0.05, 0) is 49.4 Å². The first-order chi connectivity index (χ1) is 12.5. The van der Waals surface area contributed by atoms with Crippen molar-refractivity contribution in [1.82, 2.24) is 15.0 Å². The number of hydrogen-bond acceptors (Lipinski definition) is 5. The van der Waals surface area contributed by atoms with Crippen molar-refractivity contribution in [3.63, 3.8) is 0 Å². The van der Waals surface area contributed by atoms with Crippen molar-refractivity contribution >= 4 is 0 Å². The Balaban J connectivity index is 1.64. The van der Waals surface area contributed by atoms with Gasteiger partial charge in [-0.3, -0.25) is 4.90 Å². The Morgan fingerprint density at radius 2 is 2.00 bits per heavy atom. The summed E-state index contributed by atoms with van der Waals surface area (Å²) < 4.78 is 23.9. The topological polar surface area (TPSA) is 51.4 Å². The van der Waals surface area contributed by atoms with Gasteiger partial charge in [0, 0.05) is 12.5 Å². The Morgan fingerprint density at radius 1 is 1.19 bits per heavy atom. The zero-order chi connectivity index (χ0) is 18.5. The Kier molecular flexibility index (Phi) is 5.63. The first-order valence-electron chi connectivity index (χ1n) is 8.45.